The summed E-state index contributed by atoms with van der Waals surface area (Å²) in [6.45, 7) is 0.549. The van der Waals surface area contributed by atoms with Crippen molar-refractivity contribution >= 4 is 33.0 Å². The first-order valence-electron chi connectivity index (χ1n) is 3.67. The van der Waals surface area contributed by atoms with Gasteiger partial charge >= 0.3 is 0 Å². The molecule has 0 saturated heterocycles. The van der Waals surface area contributed by atoms with Gasteiger partial charge in [-0.25, -0.2) is 0 Å². The maximum atomic E-state index is 6.01. The first-order chi connectivity index (χ1) is 5.83. The number of thiophene rings is 1. The molecule has 0 spiro atoms. The quantitative estimate of drug-likeness (QED) is 0.748. The molecule has 2 rings (SSSR count). The lowest BCUT2D eigenvalue weighted by atomic mass is 10.1. The molecule has 0 unspecified atom stereocenters. The summed E-state index contributed by atoms with van der Waals surface area (Å²) < 4.78 is 1.21. The van der Waals surface area contributed by atoms with Crippen LogP contribution in [0, 0.1) is 0 Å². The fourth-order valence-corrected chi connectivity index (χ4v) is 2.57. The van der Waals surface area contributed by atoms with Crippen molar-refractivity contribution < 1.29 is 0 Å². The van der Waals surface area contributed by atoms with Gasteiger partial charge in [0.1, 0.15) is 0 Å². The summed E-state index contributed by atoms with van der Waals surface area (Å²) >= 11 is 7.67. The summed E-state index contributed by atoms with van der Waals surface area (Å²) in [6, 6.07) is 6.09. The minimum atomic E-state index is 0.549. The first-order valence-corrected chi connectivity index (χ1v) is 4.93. The minimum absolute atomic E-state index is 0.549. The van der Waals surface area contributed by atoms with Crippen LogP contribution in [-0.4, -0.2) is 0 Å². The highest BCUT2D eigenvalue weighted by atomic mass is 35.5. The van der Waals surface area contributed by atoms with Crippen LogP contribution in [0.15, 0.2) is 23.6 Å². The van der Waals surface area contributed by atoms with E-state index in [2.05, 4.69) is 6.07 Å². The molecule has 62 valence electrons. The topological polar surface area (TPSA) is 26.0 Å². The van der Waals surface area contributed by atoms with E-state index < -0.39 is 0 Å². The van der Waals surface area contributed by atoms with Crippen molar-refractivity contribution in [2.24, 2.45) is 5.73 Å². The van der Waals surface area contributed by atoms with E-state index in [1.165, 1.54) is 4.70 Å². The zero-order valence-electron chi connectivity index (χ0n) is 6.38. The van der Waals surface area contributed by atoms with Gasteiger partial charge in [-0.1, -0.05) is 23.7 Å². The third kappa shape index (κ3) is 1.12. The molecular formula is C9H8ClNS. The number of nitrogens with two attached hydrogens (primary N) is 1. The Morgan fingerprint density at radius 2 is 2.25 bits per heavy atom. The molecule has 1 nitrogen and oxygen atoms in total. The molecular weight excluding hydrogens is 190 g/mol. The molecule has 0 fully saturated rings. The van der Waals surface area contributed by atoms with Crippen LogP contribution in [0.2, 0.25) is 5.02 Å². The van der Waals surface area contributed by atoms with Crippen LogP contribution in [0.1, 0.15) is 5.56 Å². The molecule has 1 aromatic heterocycles. The molecule has 0 aliphatic carbocycles. The van der Waals surface area contributed by atoms with Crippen molar-refractivity contribution in [2.75, 3.05) is 0 Å². The van der Waals surface area contributed by atoms with Crippen LogP contribution < -0.4 is 5.73 Å². The molecule has 0 aliphatic heterocycles. The molecule has 2 aromatic rings. The molecule has 0 amide bonds. The third-order valence-electron chi connectivity index (χ3n) is 1.86. The monoisotopic (exact) mass is 197 g/mol. The average molecular weight is 198 g/mol. The lowest BCUT2D eigenvalue weighted by Gasteiger charge is -1.98. The Kier molecular flexibility index (Phi) is 2.05. The second-order valence-corrected chi connectivity index (χ2v) is 3.90. The van der Waals surface area contributed by atoms with E-state index in [4.69, 9.17) is 17.3 Å². The molecule has 3 heteroatoms. The number of hydrogen-bond donors (Lipinski definition) is 1. The predicted molar refractivity (Wildman–Crippen MR) is 54.7 cm³/mol. The van der Waals surface area contributed by atoms with Crippen molar-refractivity contribution in [3.05, 3.63) is 34.2 Å². The smallest absolute Gasteiger partial charge is 0.0594 e. The molecule has 0 saturated carbocycles. The third-order valence-corrected chi connectivity index (χ3v) is 3.24. The Hall–Kier alpha value is -0.570. The molecule has 2 N–H and O–H groups in total. The molecule has 1 aromatic carbocycles. The summed E-state index contributed by atoms with van der Waals surface area (Å²) in [4.78, 5) is 0. The summed E-state index contributed by atoms with van der Waals surface area (Å²) in [6.07, 6.45) is 0. The van der Waals surface area contributed by atoms with Gasteiger partial charge in [-0.3, -0.25) is 0 Å². The molecule has 0 radical (unpaired) electrons. The number of rotatable bonds is 1. The van der Waals surface area contributed by atoms with Gasteiger partial charge in [-0.15, -0.1) is 11.3 Å². The van der Waals surface area contributed by atoms with Gasteiger partial charge in [0.05, 0.1) is 5.02 Å². The van der Waals surface area contributed by atoms with Crippen LogP contribution in [-0.2, 0) is 6.54 Å². The summed E-state index contributed by atoms with van der Waals surface area (Å²) in [5.74, 6) is 0. The summed E-state index contributed by atoms with van der Waals surface area (Å²) in [7, 11) is 0. The zero-order valence-corrected chi connectivity index (χ0v) is 7.95. The molecule has 0 aliphatic rings. The summed E-state index contributed by atoms with van der Waals surface area (Å²) in [5.41, 5.74) is 6.71. The normalized spacial score (nSPS) is 10.8. The van der Waals surface area contributed by atoms with E-state index in [1.54, 1.807) is 11.3 Å². The van der Waals surface area contributed by atoms with Gasteiger partial charge in [0.15, 0.2) is 0 Å². The molecule has 1 heterocycles. The fraction of sp³-hybridized carbons (Fsp3) is 0.111. The van der Waals surface area contributed by atoms with Gasteiger partial charge in [-0.2, -0.15) is 0 Å². The highest BCUT2D eigenvalue weighted by molar-refractivity contribution is 7.17. The second-order valence-electron chi connectivity index (χ2n) is 2.58. The Bertz CT molecular complexity index is 408. The minimum Gasteiger partial charge on any atom is -0.326 e. The first kappa shape index (κ1) is 8.05. The number of halogens is 1. The number of hydrogen-bond acceptors (Lipinski definition) is 2. The lowest BCUT2D eigenvalue weighted by Crippen LogP contribution is -1.95. The molecule has 0 bridgehead atoms. The van der Waals surface area contributed by atoms with Crippen LogP contribution in [0.5, 0.6) is 0 Å². The van der Waals surface area contributed by atoms with Crippen molar-refractivity contribution in [3.8, 4) is 0 Å². The Labute approximate surface area is 79.8 Å². The van der Waals surface area contributed by atoms with E-state index >= 15 is 0 Å². The van der Waals surface area contributed by atoms with Gasteiger partial charge < -0.3 is 5.73 Å². The van der Waals surface area contributed by atoms with E-state index in [1.807, 2.05) is 17.5 Å². The van der Waals surface area contributed by atoms with E-state index in [-0.39, 0.29) is 0 Å². The molecule has 0 atom stereocenters. The Morgan fingerprint density at radius 1 is 1.42 bits per heavy atom. The van der Waals surface area contributed by atoms with Gasteiger partial charge in [-0.05, 0) is 11.6 Å². The van der Waals surface area contributed by atoms with Gasteiger partial charge in [0.25, 0.3) is 0 Å². The van der Waals surface area contributed by atoms with Crippen molar-refractivity contribution in [1.29, 1.82) is 0 Å². The van der Waals surface area contributed by atoms with Crippen LogP contribution in [0.4, 0.5) is 0 Å². The van der Waals surface area contributed by atoms with E-state index in [9.17, 15) is 0 Å². The second kappa shape index (κ2) is 3.05. The SMILES string of the molecule is NCc1cccc2scc(Cl)c12. The standard InChI is InChI=1S/C9H8ClNS/c10-7-5-12-8-3-1-2-6(4-11)9(7)8/h1-3,5H,4,11H2. The zero-order chi connectivity index (χ0) is 8.55. The lowest BCUT2D eigenvalue weighted by molar-refractivity contribution is 1.09. The fourth-order valence-electron chi connectivity index (χ4n) is 1.29. The van der Waals surface area contributed by atoms with E-state index in [0.717, 1.165) is 16.0 Å². The van der Waals surface area contributed by atoms with Crippen LogP contribution in [0.25, 0.3) is 10.1 Å². The average Bonchev–Trinajstić information content (AvgIpc) is 2.48. The number of benzene rings is 1. The largest absolute Gasteiger partial charge is 0.326 e. The Morgan fingerprint density at radius 3 is 3.00 bits per heavy atom. The highest BCUT2D eigenvalue weighted by Crippen LogP contribution is 2.32. The van der Waals surface area contributed by atoms with E-state index in [0.29, 0.717) is 6.54 Å². The maximum absolute atomic E-state index is 6.01. The van der Waals surface area contributed by atoms with Crippen LogP contribution >= 0.6 is 22.9 Å². The predicted octanol–water partition coefficient (Wildman–Crippen LogP) is 3.01. The van der Waals surface area contributed by atoms with Crippen LogP contribution in [0.3, 0.4) is 0 Å². The summed E-state index contributed by atoms with van der Waals surface area (Å²) in [5, 5.41) is 3.88. The van der Waals surface area contributed by atoms with Crippen molar-refractivity contribution in [3.63, 3.8) is 0 Å². The van der Waals surface area contributed by atoms with Gasteiger partial charge in [0, 0.05) is 22.0 Å². The van der Waals surface area contributed by atoms with Gasteiger partial charge in [0.2, 0.25) is 0 Å². The van der Waals surface area contributed by atoms with Crippen molar-refractivity contribution in [1.82, 2.24) is 0 Å². The number of fused-ring (bicyclic) bond motifs is 1. The molecule has 12 heavy (non-hydrogen) atoms. The highest BCUT2D eigenvalue weighted by Gasteiger charge is 2.04. The van der Waals surface area contributed by atoms with Crippen molar-refractivity contribution in [2.45, 2.75) is 6.54 Å². The maximum Gasteiger partial charge on any atom is 0.0594 e. The Balaban J connectivity index is 2.84.